The first kappa shape index (κ1) is 25.4. The van der Waals surface area contributed by atoms with Gasteiger partial charge in [-0.15, -0.1) is 0 Å². The summed E-state index contributed by atoms with van der Waals surface area (Å²) in [5, 5.41) is 5.08. The van der Waals surface area contributed by atoms with Crippen LogP contribution in [0.3, 0.4) is 0 Å². The lowest BCUT2D eigenvalue weighted by atomic mass is 10.0. The Balaban J connectivity index is -0.00000338. The van der Waals surface area contributed by atoms with Gasteiger partial charge in [-0.25, -0.2) is 4.79 Å². The molecule has 0 saturated heterocycles. The molecule has 6 heteroatoms. The van der Waals surface area contributed by atoms with Gasteiger partial charge in [-0.1, -0.05) is 78.6 Å². The average Bonchev–Trinajstić information content (AvgIpc) is 2.64. The van der Waals surface area contributed by atoms with Gasteiger partial charge in [0, 0.05) is 9.40 Å². The average molecular weight is 389 g/mol. The zero-order valence-electron chi connectivity index (χ0n) is 17.8. The summed E-state index contributed by atoms with van der Waals surface area (Å²) < 4.78 is 4.68. The molecule has 0 fully saturated rings. The van der Waals surface area contributed by atoms with Gasteiger partial charge in [0.15, 0.2) is 0 Å². The van der Waals surface area contributed by atoms with Gasteiger partial charge in [-0.05, 0) is 18.8 Å². The summed E-state index contributed by atoms with van der Waals surface area (Å²) >= 11 is 0. The molecule has 0 aromatic carbocycles. The van der Waals surface area contributed by atoms with E-state index in [-0.39, 0.29) is 8.77 Å². The van der Waals surface area contributed by atoms with Crippen LogP contribution < -0.4 is 10.6 Å². The molecule has 0 bridgehead atoms. The van der Waals surface area contributed by atoms with Crippen LogP contribution in [0.4, 0.5) is 0 Å². The molecule has 0 spiro atoms. The number of nitrogens with one attached hydrogen (secondary N) is 2. The lowest BCUT2D eigenvalue weighted by Crippen LogP contribution is -2.48. The third kappa shape index (κ3) is 14.2. The highest BCUT2D eigenvalue weighted by Crippen LogP contribution is 2.10. The monoisotopic (exact) mass is 388 g/mol. The number of hydrogen-bond donors (Lipinski definition) is 2. The van der Waals surface area contributed by atoms with Gasteiger partial charge in [0.2, 0.25) is 0 Å². The van der Waals surface area contributed by atoms with E-state index in [1.165, 1.54) is 52.1 Å². The molecule has 0 aliphatic heterocycles. The zero-order chi connectivity index (χ0) is 20.5. The third-order valence-electron chi connectivity index (χ3n) is 4.52. The summed E-state index contributed by atoms with van der Waals surface area (Å²) in [6.07, 6.45) is 12.6. The minimum Gasteiger partial charge on any atom is -0.467 e. The SMILES string of the molecule is CCCCCCCCCCCCNC(=O)C(=O)N[C@@H](CC(C)C)C(=O)OC.[HH].[HH]. The number of carbonyl (C=O) groups is 3. The summed E-state index contributed by atoms with van der Waals surface area (Å²) in [5.74, 6) is -1.80. The van der Waals surface area contributed by atoms with Gasteiger partial charge in [0.1, 0.15) is 6.04 Å². The molecule has 162 valence electrons. The van der Waals surface area contributed by atoms with E-state index in [0.29, 0.717) is 13.0 Å². The first-order chi connectivity index (χ1) is 12.9. The van der Waals surface area contributed by atoms with Gasteiger partial charge >= 0.3 is 17.8 Å². The number of amides is 2. The standard InChI is InChI=1S/C21H40N2O4.2H2/c1-5-6-7-8-9-10-11-12-13-14-15-22-19(24)20(25)23-18(16-17(2)3)21(26)27-4;;/h17-18H,5-16H2,1-4H3,(H,22,24)(H,23,25);2*1H/t18-;;/m0../s1. The predicted molar refractivity (Wildman–Crippen MR) is 112 cm³/mol. The van der Waals surface area contributed by atoms with Gasteiger partial charge in [0.25, 0.3) is 0 Å². The molecule has 0 saturated carbocycles. The number of hydrogen-bond acceptors (Lipinski definition) is 4. The molecule has 0 unspecified atom stereocenters. The fourth-order valence-corrected chi connectivity index (χ4v) is 2.95. The Hall–Kier alpha value is -1.59. The molecule has 27 heavy (non-hydrogen) atoms. The Labute approximate surface area is 168 Å². The Bertz CT molecular complexity index is 435. The van der Waals surface area contributed by atoms with Crippen molar-refractivity contribution < 1.29 is 22.0 Å². The van der Waals surface area contributed by atoms with Crippen molar-refractivity contribution in [2.24, 2.45) is 5.92 Å². The number of carbonyl (C=O) groups excluding carboxylic acids is 3. The Morgan fingerprint density at radius 2 is 1.37 bits per heavy atom. The Morgan fingerprint density at radius 1 is 0.852 bits per heavy atom. The number of esters is 1. The first-order valence-electron chi connectivity index (χ1n) is 10.6. The Kier molecular flexibility index (Phi) is 15.6. The summed E-state index contributed by atoms with van der Waals surface area (Å²) in [6.45, 7) is 6.59. The van der Waals surface area contributed by atoms with Crippen molar-refractivity contribution in [3.05, 3.63) is 0 Å². The van der Waals surface area contributed by atoms with E-state index in [0.717, 1.165) is 19.3 Å². The van der Waals surface area contributed by atoms with E-state index in [9.17, 15) is 14.4 Å². The smallest absolute Gasteiger partial charge is 0.328 e. The molecule has 2 amide bonds. The van der Waals surface area contributed by atoms with Gasteiger partial charge < -0.3 is 15.4 Å². The number of methoxy groups -OCH3 is 1. The van der Waals surface area contributed by atoms with Crippen molar-refractivity contribution in [3.63, 3.8) is 0 Å². The van der Waals surface area contributed by atoms with Crippen molar-refractivity contribution in [3.8, 4) is 0 Å². The molecule has 2 N–H and O–H groups in total. The van der Waals surface area contributed by atoms with E-state index in [1.807, 2.05) is 13.8 Å². The second-order valence-corrected chi connectivity index (χ2v) is 7.62. The van der Waals surface area contributed by atoms with Crippen LogP contribution >= 0.6 is 0 Å². The maximum absolute atomic E-state index is 11.9. The zero-order valence-corrected chi connectivity index (χ0v) is 17.8. The van der Waals surface area contributed by atoms with Crippen LogP contribution in [0.1, 0.15) is 94.3 Å². The molecule has 0 rings (SSSR count). The fourth-order valence-electron chi connectivity index (χ4n) is 2.95. The van der Waals surface area contributed by atoms with E-state index in [4.69, 9.17) is 0 Å². The summed E-state index contributed by atoms with van der Waals surface area (Å²) in [5.41, 5.74) is 0. The maximum Gasteiger partial charge on any atom is 0.328 e. The van der Waals surface area contributed by atoms with Gasteiger partial charge in [-0.2, -0.15) is 0 Å². The van der Waals surface area contributed by atoms with Crippen LogP contribution in [-0.2, 0) is 19.1 Å². The number of unbranched alkanes of at least 4 members (excludes halogenated alkanes) is 9. The molecule has 0 aliphatic rings. The van der Waals surface area contributed by atoms with Crippen LogP contribution in [0.15, 0.2) is 0 Å². The minimum atomic E-state index is -0.787. The molecule has 0 aromatic rings. The quantitative estimate of drug-likeness (QED) is 0.250. The van der Waals surface area contributed by atoms with Crippen molar-refractivity contribution in [1.29, 1.82) is 0 Å². The van der Waals surface area contributed by atoms with Gasteiger partial charge in [-0.3, -0.25) is 9.59 Å². The molecule has 0 aromatic heterocycles. The Morgan fingerprint density at radius 3 is 1.85 bits per heavy atom. The van der Waals surface area contributed by atoms with E-state index < -0.39 is 23.8 Å². The highest BCUT2D eigenvalue weighted by Gasteiger charge is 2.25. The van der Waals surface area contributed by atoms with Crippen molar-refractivity contribution in [2.75, 3.05) is 13.7 Å². The molecular formula is C21H44N2O4. The lowest BCUT2D eigenvalue weighted by Gasteiger charge is -2.17. The highest BCUT2D eigenvalue weighted by atomic mass is 16.5. The van der Waals surface area contributed by atoms with Gasteiger partial charge in [0.05, 0.1) is 7.11 Å². The van der Waals surface area contributed by atoms with Crippen LogP contribution in [0.25, 0.3) is 0 Å². The molecule has 0 heterocycles. The van der Waals surface area contributed by atoms with E-state index >= 15 is 0 Å². The molecular weight excluding hydrogens is 344 g/mol. The normalized spacial score (nSPS) is 11.9. The predicted octanol–water partition coefficient (Wildman–Crippen LogP) is 4.22. The molecule has 0 aliphatic carbocycles. The van der Waals surface area contributed by atoms with Crippen LogP contribution in [0, 0.1) is 5.92 Å². The van der Waals surface area contributed by atoms with E-state index in [2.05, 4.69) is 22.3 Å². The van der Waals surface area contributed by atoms with Crippen molar-refractivity contribution in [2.45, 2.75) is 97.4 Å². The largest absolute Gasteiger partial charge is 0.467 e. The summed E-state index contributed by atoms with van der Waals surface area (Å²) in [4.78, 5) is 35.5. The molecule has 1 atom stereocenters. The number of ether oxygens (including phenoxy) is 1. The molecule has 6 nitrogen and oxygen atoms in total. The lowest BCUT2D eigenvalue weighted by molar-refractivity contribution is -0.147. The second-order valence-electron chi connectivity index (χ2n) is 7.62. The highest BCUT2D eigenvalue weighted by molar-refractivity contribution is 6.35. The van der Waals surface area contributed by atoms with E-state index in [1.54, 1.807) is 0 Å². The second kappa shape index (κ2) is 16.6. The maximum atomic E-state index is 11.9. The first-order valence-corrected chi connectivity index (χ1v) is 10.6. The third-order valence-corrected chi connectivity index (χ3v) is 4.52. The van der Waals surface area contributed by atoms with Crippen LogP contribution in [-0.4, -0.2) is 37.5 Å². The van der Waals surface area contributed by atoms with Crippen molar-refractivity contribution >= 4 is 17.8 Å². The summed E-state index contributed by atoms with van der Waals surface area (Å²) in [7, 11) is 1.27. The minimum absolute atomic E-state index is 0. The topological polar surface area (TPSA) is 84.5 Å². The van der Waals surface area contributed by atoms with Crippen molar-refractivity contribution in [1.82, 2.24) is 10.6 Å². The van der Waals surface area contributed by atoms with Crippen LogP contribution in [0.2, 0.25) is 0 Å². The fraction of sp³-hybridized carbons (Fsp3) is 0.857. The molecule has 0 radical (unpaired) electrons. The summed E-state index contributed by atoms with van der Waals surface area (Å²) in [6, 6.07) is -0.787. The number of rotatable bonds is 15. The van der Waals surface area contributed by atoms with Crippen LogP contribution in [0.5, 0.6) is 0 Å².